The van der Waals surface area contributed by atoms with Crippen LogP contribution in [-0.2, 0) is 30.3 Å². The summed E-state index contributed by atoms with van der Waals surface area (Å²) in [6.45, 7) is 0.292. The van der Waals surface area contributed by atoms with Gasteiger partial charge in [0.25, 0.3) is 0 Å². The van der Waals surface area contributed by atoms with Gasteiger partial charge in [0.15, 0.2) is 24.4 Å². The number of ether oxygens (including phenoxy) is 6. The van der Waals surface area contributed by atoms with Crippen molar-refractivity contribution in [1.82, 2.24) is 0 Å². The molecule has 0 amide bonds. The standard InChI is InChI=1S/C28H26Cl2O8/c1-33-23-19(30)13-12-18(29)21(23)26(32)37-25-22(31)24-20(15-35-27(38-24)17-10-6-3-7-11-17)36-28(25)34-14-16-8-4-2-5-9-16/h2-13,20,22,24-25,27-28,31H,14-15H2,1H3. The molecule has 0 aliphatic carbocycles. The average Bonchev–Trinajstić information content (AvgIpc) is 2.95. The van der Waals surface area contributed by atoms with Crippen molar-refractivity contribution in [3.63, 3.8) is 0 Å². The molecule has 2 aliphatic rings. The summed E-state index contributed by atoms with van der Waals surface area (Å²) in [4.78, 5) is 13.3. The van der Waals surface area contributed by atoms with Crippen molar-refractivity contribution in [3.05, 3.63) is 99.5 Å². The third kappa shape index (κ3) is 5.67. The Bertz CT molecular complexity index is 1240. The van der Waals surface area contributed by atoms with Crippen LogP contribution in [0.4, 0.5) is 0 Å². The minimum atomic E-state index is -1.31. The van der Waals surface area contributed by atoms with Crippen LogP contribution in [0, 0.1) is 0 Å². The number of hydrogen-bond acceptors (Lipinski definition) is 8. The third-order valence-corrected chi connectivity index (χ3v) is 6.96. The normalized spacial score (nSPS) is 26.8. The maximum absolute atomic E-state index is 13.3. The molecule has 3 aromatic rings. The van der Waals surface area contributed by atoms with Gasteiger partial charge in [-0.1, -0.05) is 83.9 Å². The number of aliphatic hydroxyl groups excluding tert-OH is 1. The van der Waals surface area contributed by atoms with Crippen molar-refractivity contribution in [1.29, 1.82) is 0 Å². The minimum Gasteiger partial charge on any atom is -0.494 e. The third-order valence-electron chi connectivity index (χ3n) is 6.35. The number of carbonyl (C=O) groups is 1. The van der Waals surface area contributed by atoms with Gasteiger partial charge in [-0.15, -0.1) is 0 Å². The summed E-state index contributed by atoms with van der Waals surface area (Å²) < 4.78 is 35.2. The summed E-state index contributed by atoms with van der Waals surface area (Å²) in [5, 5.41) is 11.7. The van der Waals surface area contributed by atoms with Crippen LogP contribution < -0.4 is 4.74 Å². The SMILES string of the molecule is COc1c(Cl)ccc(Cl)c1C(=O)OC1C(OCc2ccccc2)OC2COC(c3ccccc3)OC2C1O. The Labute approximate surface area is 229 Å². The van der Waals surface area contributed by atoms with E-state index in [1.165, 1.54) is 19.2 Å². The zero-order valence-electron chi connectivity index (χ0n) is 20.4. The highest BCUT2D eigenvalue weighted by molar-refractivity contribution is 6.37. The van der Waals surface area contributed by atoms with Gasteiger partial charge >= 0.3 is 5.97 Å². The van der Waals surface area contributed by atoms with E-state index in [1.807, 2.05) is 60.7 Å². The van der Waals surface area contributed by atoms with E-state index >= 15 is 0 Å². The van der Waals surface area contributed by atoms with Crippen LogP contribution in [0.15, 0.2) is 72.8 Å². The molecule has 0 bridgehead atoms. The topological polar surface area (TPSA) is 92.7 Å². The molecule has 0 saturated carbocycles. The first-order valence-corrected chi connectivity index (χ1v) is 12.8. The predicted octanol–water partition coefficient (Wildman–Crippen LogP) is 4.94. The molecule has 0 aromatic heterocycles. The number of fused-ring (bicyclic) bond motifs is 1. The lowest BCUT2D eigenvalue weighted by molar-refractivity contribution is -0.362. The van der Waals surface area contributed by atoms with Crippen LogP contribution in [0.5, 0.6) is 5.75 Å². The van der Waals surface area contributed by atoms with Crippen molar-refractivity contribution >= 4 is 29.2 Å². The number of hydrogen-bond donors (Lipinski definition) is 1. The average molecular weight is 561 g/mol. The number of halogens is 2. The number of aliphatic hydroxyl groups is 1. The molecule has 0 spiro atoms. The largest absolute Gasteiger partial charge is 0.494 e. The Balaban J connectivity index is 1.40. The Kier molecular flexibility index (Phi) is 8.50. The van der Waals surface area contributed by atoms with E-state index in [9.17, 15) is 9.90 Å². The number of carbonyl (C=O) groups excluding carboxylic acids is 1. The molecule has 6 unspecified atom stereocenters. The monoisotopic (exact) mass is 560 g/mol. The van der Waals surface area contributed by atoms with Crippen molar-refractivity contribution in [3.8, 4) is 5.75 Å². The molecule has 5 rings (SSSR count). The summed E-state index contributed by atoms with van der Waals surface area (Å²) >= 11 is 12.5. The van der Waals surface area contributed by atoms with Crippen molar-refractivity contribution in [2.75, 3.05) is 13.7 Å². The first-order valence-electron chi connectivity index (χ1n) is 12.0. The van der Waals surface area contributed by atoms with Gasteiger partial charge in [-0.25, -0.2) is 4.79 Å². The highest BCUT2D eigenvalue weighted by Gasteiger charge is 2.52. The number of esters is 1. The Morgan fingerprint density at radius 1 is 0.974 bits per heavy atom. The highest BCUT2D eigenvalue weighted by Crippen LogP contribution is 2.38. The van der Waals surface area contributed by atoms with E-state index in [2.05, 4.69) is 0 Å². The van der Waals surface area contributed by atoms with Gasteiger partial charge in [0.1, 0.15) is 23.9 Å². The van der Waals surface area contributed by atoms with Crippen molar-refractivity contribution < 1.29 is 38.3 Å². The molecule has 2 saturated heterocycles. The maximum atomic E-state index is 13.3. The van der Waals surface area contributed by atoms with Crippen LogP contribution >= 0.6 is 23.2 Å². The van der Waals surface area contributed by atoms with Gasteiger partial charge in [0.05, 0.1) is 30.4 Å². The van der Waals surface area contributed by atoms with Gasteiger partial charge in [-0.2, -0.15) is 0 Å². The van der Waals surface area contributed by atoms with E-state index in [4.69, 9.17) is 51.6 Å². The zero-order chi connectivity index (χ0) is 26.6. The van der Waals surface area contributed by atoms with Crippen LogP contribution in [0.25, 0.3) is 0 Å². The summed E-state index contributed by atoms with van der Waals surface area (Å²) in [7, 11) is 1.36. The second-order valence-corrected chi connectivity index (χ2v) is 9.63. The molecule has 200 valence electrons. The summed E-state index contributed by atoms with van der Waals surface area (Å²) in [6, 6.07) is 21.7. The van der Waals surface area contributed by atoms with Crippen LogP contribution in [0.3, 0.4) is 0 Å². The first kappa shape index (κ1) is 26.9. The lowest BCUT2D eigenvalue weighted by atomic mass is 9.97. The molecule has 2 aliphatic heterocycles. The fourth-order valence-electron chi connectivity index (χ4n) is 4.46. The van der Waals surface area contributed by atoms with E-state index < -0.39 is 43.0 Å². The number of methoxy groups -OCH3 is 1. The highest BCUT2D eigenvalue weighted by atomic mass is 35.5. The molecule has 2 fully saturated rings. The van der Waals surface area contributed by atoms with Gasteiger partial charge in [0, 0.05) is 5.56 Å². The molecule has 0 radical (unpaired) electrons. The Hall–Kier alpha value is -2.69. The minimum absolute atomic E-state index is 0.0569. The first-order chi connectivity index (χ1) is 18.5. The number of rotatable bonds is 7. The van der Waals surface area contributed by atoms with Crippen molar-refractivity contribution in [2.24, 2.45) is 0 Å². The second-order valence-electron chi connectivity index (χ2n) is 8.81. The predicted molar refractivity (Wildman–Crippen MR) is 138 cm³/mol. The Morgan fingerprint density at radius 3 is 2.37 bits per heavy atom. The van der Waals surface area contributed by atoms with Crippen molar-refractivity contribution in [2.45, 2.75) is 43.6 Å². The number of benzene rings is 3. The Morgan fingerprint density at radius 2 is 1.66 bits per heavy atom. The van der Waals surface area contributed by atoms with Crippen LogP contribution in [0.1, 0.15) is 27.8 Å². The summed E-state index contributed by atoms with van der Waals surface area (Å²) in [5.74, 6) is -0.804. The zero-order valence-corrected chi connectivity index (χ0v) is 21.9. The van der Waals surface area contributed by atoms with Gasteiger partial charge in [-0.05, 0) is 17.7 Å². The van der Waals surface area contributed by atoms with Crippen LogP contribution in [0.2, 0.25) is 10.0 Å². The van der Waals surface area contributed by atoms with Gasteiger partial charge < -0.3 is 33.5 Å². The molecular weight excluding hydrogens is 535 g/mol. The maximum Gasteiger partial charge on any atom is 0.344 e. The molecule has 8 nitrogen and oxygen atoms in total. The lowest BCUT2D eigenvalue weighted by Gasteiger charge is -2.47. The van der Waals surface area contributed by atoms with E-state index in [-0.39, 0.29) is 34.6 Å². The lowest BCUT2D eigenvalue weighted by Crippen LogP contribution is -2.63. The summed E-state index contributed by atoms with van der Waals surface area (Å²) in [5.41, 5.74) is 1.58. The second kappa shape index (κ2) is 12.0. The molecule has 3 aromatic carbocycles. The fourth-order valence-corrected chi connectivity index (χ4v) is 4.92. The summed E-state index contributed by atoms with van der Waals surface area (Å²) in [6.07, 6.45) is -5.94. The molecule has 38 heavy (non-hydrogen) atoms. The van der Waals surface area contributed by atoms with Gasteiger partial charge in [-0.3, -0.25) is 0 Å². The smallest absolute Gasteiger partial charge is 0.344 e. The fraction of sp³-hybridized carbons (Fsp3) is 0.321. The van der Waals surface area contributed by atoms with Crippen LogP contribution in [-0.4, -0.2) is 55.5 Å². The van der Waals surface area contributed by atoms with E-state index in [0.717, 1.165) is 11.1 Å². The van der Waals surface area contributed by atoms with E-state index in [1.54, 1.807) is 0 Å². The molecule has 6 atom stereocenters. The van der Waals surface area contributed by atoms with E-state index in [0.29, 0.717) is 0 Å². The quantitative estimate of drug-likeness (QED) is 0.406. The molecule has 2 heterocycles. The molecule has 1 N–H and O–H groups in total. The molecular formula is C28H26Cl2O8. The molecule has 10 heteroatoms. The van der Waals surface area contributed by atoms with Gasteiger partial charge in [0.2, 0.25) is 0 Å².